The minimum atomic E-state index is -0.103. The summed E-state index contributed by atoms with van der Waals surface area (Å²) in [6.07, 6.45) is 4.89. The fraction of sp³-hybridized carbons (Fsp3) is 0.533. The summed E-state index contributed by atoms with van der Waals surface area (Å²) in [4.78, 5) is 12.1. The quantitative estimate of drug-likeness (QED) is 0.820. The van der Waals surface area contributed by atoms with Crippen molar-refractivity contribution in [3.63, 3.8) is 0 Å². The van der Waals surface area contributed by atoms with Crippen molar-refractivity contribution < 1.29 is 9.53 Å². The average Bonchev–Trinajstić information content (AvgIpc) is 2.83. The molecule has 2 rings (SSSR count). The minimum absolute atomic E-state index is 0.103. The van der Waals surface area contributed by atoms with Crippen molar-refractivity contribution in [1.82, 2.24) is 5.32 Å². The lowest BCUT2D eigenvalue weighted by molar-refractivity contribution is 0.0935. The van der Waals surface area contributed by atoms with E-state index in [9.17, 15) is 4.79 Å². The minimum Gasteiger partial charge on any atom is -0.497 e. The highest BCUT2D eigenvalue weighted by Gasteiger charge is 2.29. The van der Waals surface area contributed by atoms with Crippen molar-refractivity contribution in [3.8, 4) is 5.75 Å². The molecule has 1 aromatic rings. The molecule has 3 N–H and O–H groups in total. The normalized spacial score (nSPS) is 17.2. The number of carbonyl (C=O) groups excluding carboxylic acids is 1. The molecule has 0 spiro atoms. The smallest absolute Gasteiger partial charge is 0.253 e. The van der Waals surface area contributed by atoms with E-state index in [0.717, 1.165) is 6.54 Å². The molecule has 0 bridgehead atoms. The molecule has 104 valence electrons. The van der Waals surface area contributed by atoms with Gasteiger partial charge in [-0.2, -0.15) is 0 Å². The monoisotopic (exact) mass is 262 g/mol. The van der Waals surface area contributed by atoms with Crippen LogP contribution in [0.15, 0.2) is 18.2 Å². The van der Waals surface area contributed by atoms with Gasteiger partial charge >= 0.3 is 0 Å². The van der Waals surface area contributed by atoms with Crippen LogP contribution < -0.4 is 15.8 Å². The molecule has 0 heterocycles. The number of hydrogen-bond donors (Lipinski definition) is 2. The van der Waals surface area contributed by atoms with Crippen LogP contribution in [0.3, 0.4) is 0 Å². The second-order valence-corrected chi connectivity index (χ2v) is 5.65. The highest BCUT2D eigenvalue weighted by molar-refractivity contribution is 5.99. The summed E-state index contributed by atoms with van der Waals surface area (Å²) >= 11 is 0. The van der Waals surface area contributed by atoms with Gasteiger partial charge in [-0.25, -0.2) is 0 Å². The summed E-state index contributed by atoms with van der Waals surface area (Å²) in [5.74, 6) is 0.560. The fourth-order valence-electron chi connectivity index (χ4n) is 2.67. The first-order chi connectivity index (χ1) is 9.04. The van der Waals surface area contributed by atoms with Crippen molar-refractivity contribution in [2.24, 2.45) is 5.41 Å². The standard InChI is InChI=1S/C15H22N2O2/c1-15(7-3-4-8-15)10-17-14(18)12-6-5-11(19-2)9-13(12)16/h5-6,9H,3-4,7-8,10,16H2,1-2H3,(H,17,18). The summed E-state index contributed by atoms with van der Waals surface area (Å²) in [6.45, 7) is 2.95. The van der Waals surface area contributed by atoms with Gasteiger partial charge in [0.15, 0.2) is 0 Å². The Morgan fingerprint density at radius 1 is 1.42 bits per heavy atom. The number of anilines is 1. The van der Waals surface area contributed by atoms with Gasteiger partial charge in [-0.15, -0.1) is 0 Å². The number of methoxy groups -OCH3 is 1. The number of nitrogens with one attached hydrogen (secondary N) is 1. The van der Waals surface area contributed by atoms with Crippen LogP contribution in [0.25, 0.3) is 0 Å². The van der Waals surface area contributed by atoms with Crippen LogP contribution >= 0.6 is 0 Å². The highest BCUT2D eigenvalue weighted by atomic mass is 16.5. The molecular weight excluding hydrogens is 240 g/mol. The molecule has 19 heavy (non-hydrogen) atoms. The molecule has 0 saturated heterocycles. The van der Waals surface area contributed by atoms with Crippen LogP contribution in [0.1, 0.15) is 43.0 Å². The van der Waals surface area contributed by atoms with E-state index in [1.54, 1.807) is 25.3 Å². The number of carbonyl (C=O) groups is 1. The Balaban J connectivity index is 2.00. The van der Waals surface area contributed by atoms with Crippen molar-refractivity contribution in [2.45, 2.75) is 32.6 Å². The van der Waals surface area contributed by atoms with E-state index in [2.05, 4.69) is 12.2 Å². The van der Waals surface area contributed by atoms with Crippen LogP contribution in [0, 0.1) is 5.41 Å². The van der Waals surface area contributed by atoms with E-state index < -0.39 is 0 Å². The molecule has 1 aliphatic carbocycles. The fourth-order valence-corrected chi connectivity index (χ4v) is 2.67. The van der Waals surface area contributed by atoms with Crippen molar-refractivity contribution in [2.75, 3.05) is 19.4 Å². The van der Waals surface area contributed by atoms with Crippen LogP contribution in [0.4, 0.5) is 5.69 Å². The number of rotatable bonds is 4. The summed E-state index contributed by atoms with van der Waals surface area (Å²) in [6, 6.07) is 5.13. The predicted molar refractivity (Wildman–Crippen MR) is 76.3 cm³/mol. The van der Waals surface area contributed by atoms with E-state index in [1.165, 1.54) is 25.7 Å². The van der Waals surface area contributed by atoms with Gasteiger partial charge in [-0.3, -0.25) is 4.79 Å². The Morgan fingerprint density at radius 2 is 2.11 bits per heavy atom. The van der Waals surface area contributed by atoms with Gasteiger partial charge < -0.3 is 15.8 Å². The molecule has 0 aromatic heterocycles. The van der Waals surface area contributed by atoms with E-state index in [4.69, 9.17) is 10.5 Å². The topological polar surface area (TPSA) is 64.3 Å². The molecule has 1 amide bonds. The van der Waals surface area contributed by atoms with Crippen LogP contribution in [0.5, 0.6) is 5.75 Å². The largest absolute Gasteiger partial charge is 0.497 e. The number of nitrogens with two attached hydrogens (primary N) is 1. The molecule has 0 radical (unpaired) electrons. The maximum absolute atomic E-state index is 12.1. The Labute approximate surface area is 114 Å². The lowest BCUT2D eigenvalue weighted by Crippen LogP contribution is -2.34. The summed E-state index contributed by atoms with van der Waals surface area (Å²) in [5, 5.41) is 3.00. The first-order valence-corrected chi connectivity index (χ1v) is 6.76. The molecule has 1 fully saturated rings. The van der Waals surface area contributed by atoms with Gasteiger partial charge in [0.05, 0.1) is 12.7 Å². The highest BCUT2D eigenvalue weighted by Crippen LogP contribution is 2.36. The van der Waals surface area contributed by atoms with Gasteiger partial charge in [-0.1, -0.05) is 19.8 Å². The lowest BCUT2D eigenvalue weighted by atomic mass is 9.89. The van der Waals surface area contributed by atoms with E-state index in [0.29, 0.717) is 17.0 Å². The Morgan fingerprint density at radius 3 is 2.68 bits per heavy atom. The third-order valence-corrected chi connectivity index (χ3v) is 3.99. The molecule has 1 saturated carbocycles. The Bertz CT molecular complexity index is 465. The number of ether oxygens (including phenoxy) is 1. The van der Waals surface area contributed by atoms with E-state index >= 15 is 0 Å². The number of hydrogen-bond acceptors (Lipinski definition) is 3. The number of nitrogen functional groups attached to an aromatic ring is 1. The number of benzene rings is 1. The molecule has 0 atom stereocenters. The van der Waals surface area contributed by atoms with Crippen LogP contribution in [-0.2, 0) is 0 Å². The third kappa shape index (κ3) is 3.19. The van der Waals surface area contributed by atoms with Crippen LogP contribution in [0.2, 0.25) is 0 Å². The third-order valence-electron chi connectivity index (χ3n) is 3.99. The zero-order valence-electron chi connectivity index (χ0n) is 11.7. The summed E-state index contributed by atoms with van der Waals surface area (Å²) < 4.78 is 5.08. The van der Waals surface area contributed by atoms with Gasteiger partial charge in [0.1, 0.15) is 5.75 Å². The molecule has 0 aliphatic heterocycles. The maximum Gasteiger partial charge on any atom is 0.253 e. The van der Waals surface area contributed by atoms with Crippen molar-refractivity contribution in [1.29, 1.82) is 0 Å². The van der Waals surface area contributed by atoms with Crippen LogP contribution in [-0.4, -0.2) is 19.6 Å². The van der Waals surface area contributed by atoms with Gasteiger partial charge in [-0.05, 0) is 30.4 Å². The summed E-state index contributed by atoms with van der Waals surface area (Å²) in [7, 11) is 1.58. The Kier molecular flexibility index (Phi) is 3.98. The van der Waals surface area contributed by atoms with Gasteiger partial charge in [0.25, 0.3) is 5.91 Å². The molecule has 4 heteroatoms. The second-order valence-electron chi connectivity index (χ2n) is 5.65. The molecular formula is C15H22N2O2. The Hall–Kier alpha value is -1.71. The van der Waals surface area contributed by atoms with Gasteiger partial charge in [0.2, 0.25) is 0 Å². The molecule has 1 aliphatic rings. The second kappa shape index (κ2) is 5.51. The maximum atomic E-state index is 12.1. The first kappa shape index (κ1) is 13.7. The van der Waals surface area contributed by atoms with Crippen molar-refractivity contribution >= 4 is 11.6 Å². The SMILES string of the molecule is COc1ccc(C(=O)NCC2(C)CCCC2)c(N)c1. The van der Waals surface area contributed by atoms with E-state index in [1.807, 2.05) is 0 Å². The predicted octanol–water partition coefficient (Wildman–Crippen LogP) is 2.59. The zero-order chi connectivity index (χ0) is 13.9. The summed E-state index contributed by atoms with van der Waals surface area (Å²) in [5.41, 5.74) is 7.09. The zero-order valence-corrected chi connectivity index (χ0v) is 11.7. The lowest BCUT2D eigenvalue weighted by Gasteiger charge is -2.23. The molecule has 4 nitrogen and oxygen atoms in total. The average molecular weight is 262 g/mol. The first-order valence-electron chi connectivity index (χ1n) is 6.76. The molecule has 1 aromatic carbocycles. The number of amides is 1. The van der Waals surface area contributed by atoms with Gasteiger partial charge in [0, 0.05) is 18.3 Å². The molecule has 0 unspecified atom stereocenters. The van der Waals surface area contributed by atoms with Crippen molar-refractivity contribution in [3.05, 3.63) is 23.8 Å². The van der Waals surface area contributed by atoms with E-state index in [-0.39, 0.29) is 11.3 Å².